The lowest BCUT2D eigenvalue weighted by Gasteiger charge is -2.24. The summed E-state index contributed by atoms with van der Waals surface area (Å²) in [6.45, 7) is 4.14. The average molecular weight is 666 g/mol. The zero-order valence-corrected chi connectivity index (χ0v) is 27.2. The quantitative estimate of drug-likeness (QED) is 0.191. The highest BCUT2D eigenvalue weighted by Crippen LogP contribution is 2.67. The molecule has 4 aliphatic rings. The normalized spacial score (nSPS) is 21.5. The molecule has 9 nitrogen and oxygen atoms in total. The van der Waals surface area contributed by atoms with Gasteiger partial charge in [0.1, 0.15) is 5.82 Å². The number of pyridine rings is 3. The van der Waals surface area contributed by atoms with E-state index in [1.165, 1.54) is 16.8 Å². The average Bonchev–Trinajstić information content (AvgIpc) is 3.43. The van der Waals surface area contributed by atoms with E-state index in [0.29, 0.717) is 28.5 Å². The standard InChI is InChI=1S/C37H33ClFN5O4/c1-20-14-23(6-10-40-20)31-27(4-2-21-8-12-47-13-9-21)42-34-33(35(45)44-11-7-24-17-37(24,34)44)32(31)22-3-5-29-30(15-22)48-36(46)43(29)19-28-26(39)16-25(38)18-41-28/h3,5-6,10,14-16,18,21,24H,2,4,7-9,11-13,17,19H2,1H3. The first kappa shape index (κ1) is 29.7. The van der Waals surface area contributed by atoms with E-state index in [4.69, 9.17) is 25.7 Å². The number of fused-ring (bicyclic) bond motifs is 2. The third kappa shape index (κ3) is 4.56. The first-order valence-electron chi connectivity index (χ1n) is 16.7. The zero-order valence-electron chi connectivity index (χ0n) is 26.5. The van der Waals surface area contributed by atoms with E-state index in [1.807, 2.05) is 36.1 Å². The van der Waals surface area contributed by atoms with Crippen LogP contribution in [0.25, 0.3) is 33.4 Å². The summed E-state index contributed by atoms with van der Waals surface area (Å²) in [5, 5.41) is 0.176. The minimum Gasteiger partial charge on any atom is -0.408 e. The zero-order chi connectivity index (χ0) is 32.7. The lowest BCUT2D eigenvalue weighted by molar-refractivity contribution is 0.0639. The number of oxazole rings is 1. The van der Waals surface area contributed by atoms with Crippen molar-refractivity contribution in [3.63, 3.8) is 0 Å². The predicted octanol–water partition coefficient (Wildman–Crippen LogP) is 6.70. The van der Waals surface area contributed by atoms with Gasteiger partial charge >= 0.3 is 5.76 Å². The number of halogens is 2. The molecule has 1 amide bonds. The van der Waals surface area contributed by atoms with Crippen molar-refractivity contribution in [1.82, 2.24) is 24.4 Å². The Bertz CT molecular complexity index is 2210. The first-order valence-corrected chi connectivity index (χ1v) is 17.0. The van der Waals surface area contributed by atoms with Crippen LogP contribution in [0.4, 0.5) is 4.39 Å². The van der Waals surface area contributed by atoms with Crippen molar-refractivity contribution < 1.29 is 18.3 Å². The van der Waals surface area contributed by atoms with Gasteiger partial charge in [0.05, 0.1) is 39.6 Å². The minimum absolute atomic E-state index is 0.0129. The van der Waals surface area contributed by atoms with Crippen molar-refractivity contribution in [3.05, 3.63) is 98.5 Å². The predicted molar refractivity (Wildman–Crippen MR) is 177 cm³/mol. The number of carbonyl (C=O) groups is 1. The summed E-state index contributed by atoms with van der Waals surface area (Å²) in [6.07, 6.45) is 8.89. The van der Waals surface area contributed by atoms with Crippen LogP contribution >= 0.6 is 11.6 Å². The largest absolute Gasteiger partial charge is 0.420 e. The summed E-state index contributed by atoms with van der Waals surface area (Å²) in [7, 11) is 0. The summed E-state index contributed by atoms with van der Waals surface area (Å²) >= 11 is 5.90. The van der Waals surface area contributed by atoms with Crippen molar-refractivity contribution in [2.24, 2.45) is 11.8 Å². The van der Waals surface area contributed by atoms with Crippen molar-refractivity contribution in [1.29, 1.82) is 0 Å². The fraction of sp³-hybridized carbons (Fsp3) is 0.378. The first-order chi connectivity index (χ1) is 23.3. The van der Waals surface area contributed by atoms with Crippen LogP contribution in [0, 0.1) is 24.6 Å². The number of aryl methyl sites for hydroxylation is 2. The topological polar surface area (TPSA) is 103 Å². The molecule has 3 aliphatic heterocycles. The van der Waals surface area contributed by atoms with Gasteiger partial charge in [-0.2, -0.15) is 0 Å². The Morgan fingerprint density at radius 3 is 2.62 bits per heavy atom. The summed E-state index contributed by atoms with van der Waals surface area (Å²) < 4.78 is 27.4. The second kappa shape index (κ2) is 11.1. The summed E-state index contributed by atoms with van der Waals surface area (Å²) in [4.78, 5) is 43.6. The number of hydrogen-bond donors (Lipinski definition) is 0. The second-order valence-electron chi connectivity index (χ2n) is 13.6. The van der Waals surface area contributed by atoms with Crippen LogP contribution in [0.15, 0.2) is 58.0 Å². The monoisotopic (exact) mass is 665 g/mol. The van der Waals surface area contributed by atoms with Crippen molar-refractivity contribution >= 4 is 28.6 Å². The second-order valence-corrected chi connectivity index (χ2v) is 14.0. The Balaban J connectivity index is 1.24. The molecule has 2 saturated heterocycles. The van der Waals surface area contributed by atoms with Gasteiger partial charge in [0.25, 0.3) is 5.91 Å². The minimum atomic E-state index is -0.628. The van der Waals surface area contributed by atoms with E-state index in [2.05, 4.69) is 9.97 Å². The van der Waals surface area contributed by atoms with E-state index < -0.39 is 11.6 Å². The summed E-state index contributed by atoms with van der Waals surface area (Å²) in [6, 6.07) is 10.8. The van der Waals surface area contributed by atoms with Crippen LogP contribution < -0.4 is 5.76 Å². The van der Waals surface area contributed by atoms with Crippen LogP contribution in [0.2, 0.25) is 5.02 Å². The molecule has 7 heterocycles. The molecule has 9 rings (SSSR count). The number of benzene rings is 1. The third-order valence-corrected chi connectivity index (χ3v) is 11.1. The van der Waals surface area contributed by atoms with Crippen LogP contribution in [0.5, 0.6) is 0 Å². The Hall–Kier alpha value is -4.41. The molecule has 1 aliphatic carbocycles. The van der Waals surface area contributed by atoms with Gasteiger partial charge < -0.3 is 14.1 Å². The molecule has 11 heteroatoms. The van der Waals surface area contributed by atoms with Crippen molar-refractivity contribution in [2.45, 2.75) is 57.5 Å². The Morgan fingerprint density at radius 1 is 1.00 bits per heavy atom. The van der Waals surface area contributed by atoms with E-state index >= 15 is 0 Å². The number of rotatable bonds is 7. The van der Waals surface area contributed by atoms with Gasteiger partial charge in [-0.25, -0.2) is 9.18 Å². The molecule has 0 N–H and O–H groups in total. The van der Waals surface area contributed by atoms with Crippen molar-refractivity contribution in [2.75, 3.05) is 19.8 Å². The van der Waals surface area contributed by atoms with Gasteiger partial charge in [0.15, 0.2) is 5.58 Å². The lowest BCUT2D eigenvalue weighted by atomic mass is 9.85. The maximum absolute atomic E-state index is 14.7. The summed E-state index contributed by atoms with van der Waals surface area (Å²) in [5.41, 5.74) is 7.42. The number of hydrogen-bond acceptors (Lipinski definition) is 7. The fourth-order valence-corrected chi connectivity index (χ4v) is 8.55. The highest BCUT2D eigenvalue weighted by atomic mass is 35.5. The van der Waals surface area contributed by atoms with Gasteiger partial charge in [-0.15, -0.1) is 0 Å². The molecule has 48 heavy (non-hydrogen) atoms. The van der Waals surface area contributed by atoms with Gasteiger partial charge in [0, 0.05) is 54.7 Å². The van der Waals surface area contributed by atoms with Crippen LogP contribution in [-0.4, -0.2) is 50.1 Å². The van der Waals surface area contributed by atoms with Crippen LogP contribution in [0.1, 0.15) is 65.2 Å². The van der Waals surface area contributed by atoms with Gasteiger partial charge in [-0.05, 0) is 98.7 Å². The Kier molecular flexibility index (Phi) is 6.85. The highest BCUT2D eigenvalue weighted by Gasteiger charge is 2.70. The molecule has 0 bridgehead atoms. The molecular weight excluding hydrogens is 633 g/mol. The van der Waals surface area contributed by atoms with E-state index in [0.717, 1.165) is 97.6 Å². The number of piperidine rings is 1. The molecule has 2 unspecified atom stereocenters. The molecule has 1 aromatic carbocycles. The Labute approximate surface area is 280 Å². The van der Waals surface area contributed by atoms with E-state index in [9.17, 15) is 14.0 Å². The summed E-state index contributed by atoms with van der Waals surface area (Å²) in [5.74, 6) is -0.242. The fourth-order valence-electron chi connectivity index (χ4n) is 8.40. The van der Waals surface area contributed by atoms with E-state index in [-0.39, 0.29) is 28.7 Å². The molecule has 2 atom stereocenters. The number of nitrogens with zero attached hydrogens (tertiary/aromatic N) is 5. The molecular formula is C37H33ClFN5O4. The number of amides is 1. The molecule has 244 valence electrons. The highest BCUT2D eigenvalue weighted by molar-refractivity contribution is 6.30. The molecule has 4 aromatic heterocycles. The Morgan fingerprint density at radius 2 is 1.83 bits per heavy atom. The third-order valence-electron chi connectivity index (χ3n) is 10.9. The van der Waals surface area contributed by atoms with Crippen molar-refractivity contribution in [3.8, 4) is 22.3 Å². The molecule has 5 aromatic rings. The van der Waals surface area contributed by atoms with Gasteiger partial charge in [-0.3, -0.25) is 24.3 Å². The SMILES string of the molecule is Cc1cc(-c2c(CCC3CCOCC3)nc3c(c2-c2ccc4c(c2)oc(=O)n4Cc2ncc(Cl)cc2F)C(=O)N2CCC4CC342)ccn1. The van der Waals surface area contributed by atoms with Gasteiger partial charge in [-0.1, -0.05) is 17.7 Å². The smallest absolute Gasteiger partial charge is 0.408 e. The molecule has 1 saturated carbocycles. The van der Waals surface area contributed by atoms with Crippen LogP contribution in [0.3, 0.4) is 0 Å². The maximum atomic E-state index is 14.7. The lowest BCUT2D eigenvalue weighted by Crippen LogP contribution is -2.30. The molecule has 1 spiro atoms. The number of carbonyl (C=O) groups excluding carboxylic acids is 1. The van der Waals surface area contributed by atoms with E-state index in [1.54, 1.807) is 12.3 Å². The van der Waals surface area contributed by atoms with Crippen LogP contribution in [-0.2, 0) is 23.2 Å². The van der Waals surface area contributed by atoms with Gasteiger partial charge in [0.2, 0.25) is 0 Å². The maximum Gasteiger partial charge on any atom is 0.420 e. The molecule has 0 radical (unpaired) electrons. The molecule has 3 fully saturated rings. The number of aromatic nitrogens is 4. The number of ether oxygens (including phenoxy) is 1.